The molecular formula is C9H10N2O2S. The molecule has 0 atom stereocenters. The molecule has 0 bridgehead atoms. The Hall–Kier alpha value is -1.36. The number of hydrogen-bond donors (Lipinski definition) is 0. The summed E-state index contributed by atoms with van der Waals surface area (Å²) in [5.74, 6) is 0.436. The van der Waals surface area contributed by atoms with Crippen LogP contribution in [0.2, 0.25) is 0 Å². The van der Waals surface area contributed by atoms with Crippen molar-refractivity contribution in [2.24, 2.45) is 4.99 Å². The van der Waals surface area contributed by atoms with E-state index in [2.05, 4.69) is 4.99 Å². The van der Waals surface area contributed by atoms with Gasteiger partial charge in [0, 0.05) is 11.9 Å². The molecule has 0 unspecified atom stereocenters. The molecule has 1 aliphatic heterocycles. The van der Waals surface area contributed by atoms with Crippen molar-refractivity contribution in [1.29, 1.82) is 0 Å². The van der Waals surface area contributed by atoms with Crippen LogP contribution in [0.3, 0.4) is 0 Å². The van der Waals surface area contributed by atoms with Crippen LogP contribution >= 0.6 is 11.3 Å². The van der Waals surface area contributed by atoms with Crippen molar-refractivity contribution in [1.82, 2.24) is 4.90 Å². The lowest BCUT2D eigenvalue weighted by Crippen LogP contribution is -2.34. The van der Waals surface area contributed by atoms with Crippen LogP contribution in [0.25, 0.3) is 0 Å². The number of aliphatic imine (C=N–C) groups is 1. The normalized spacial score (nSPS) is 16.6. The van der Waals surface area contributed by atoms with Crippen LogP contribution in [-0.2, 0) is 4.74 Å². The third-order valence-corrected chi connectivity index (χ3v) is 2.86. The lowest BCUT2D eigenvalue weighted by atomic mass is 10.4. The van der Waals surface area contributed by atoms with Crippen LogP contribution in [0, 0.1) is 6.92 Å². The van der Waals surface area contributed by atoms with E-state index in [0.717, 1.165) is 4.88 Å². The predicted molar refractivity (Wildman–Crippen MR) is 54.7 cm³/mol. The maximum Gasteiger partial charge on any atom is 0.417 e. The molecule has 0 fully saturated rings. The summed E-state index contributed by atoms with van der Waals surface area (Å²) < 4.78 is 5.05. The summed E-state index contributed by atoms with van der Waals surface area (Å²) in [5.41, 5.74) is 0. The van der Waals surface area contributed by atoms with E-state index in [1.165, 1.54) is 9.78 Å². The van der Waals surface area contributed by atoms with Gasteiger partial charge in [0.15, 0.2) is 0 Å². The van der Waals surface area contributed by atoms with E-state index >= 15 is 0 Å². The second kappa shape index (κ2) is 3.42. The number of ether oxygens (including phenoxy) is 1. The van der Waals surface area contributed by atoms with Crippen molar-refractivity contribution in [3.8, 4) is 0 Å². The molecule has 4 nitrogen and oxygen atoms in total. The highest BCUT2D eigenvalue weighted by Gasteiger charge is 2.20. The van der Waals surface area contributed by atoms with Gasteiger partial charge >= 0.3 is 6.09 Å². The quantitative estimate of drug-likeness (QED) is 0.709. The van der Waals surface area contributed by atoms with Crippen LogP contribution in [0.1, 0.15) is 9.75 Å². The van der Waals surface area contributed by atoms with E-state index in [-0.39, 0.29) is 6.09 Å². The van der Waals surface area contributed by atoms with Gasteiger partial charge in [-0.05, 0) is 19.1 Å². The standard InChI is InChI=1S/C9H10N2O2S/c1-6-3-4-7(14-6)8-10-5-11(2)9(12)13-8/h3-4H,5H2,1-2H3. The van der Waals surface area contributed by atoms with Gasteiger partial charge in [0.1, 0.15) is 6.67 Å². The van der Waals surface area contributed by atoms with Crippen molar-refractivity contribution >= 4 is 23.3 Å². The number of amides is 1. The van der Waals surface area contributed by atoms with Crippen molar-refractivity contribution in [3.05, 3.63) is 21.9 Å². The van der Waals surface area contributed by atoms with Gasteiger partial charge in [-0.15, -0.1) is 11.3 Å². The SMILES string of the molecule is Cc1ccc(C2=NCN(C)C(=O)O2)s1. The first-order valence-corrected chi connectivity index (χ1v) is 5.02. The molecule has 0 aromatic carbocycles. The third kappa shape index (κ3) is 1.63. The Labute approximate surface area is 85.8 Å². The fourth-order valence-corrected chi connectivity index (χ4v) is 1.91. The number of hydrogen-bond acceptors (Lipinski definition) is 4. The third-order valence-electron chi connectivity index (χ3n) is 1.87. The van der Waals surface area contributed by atoms with Crippen LogP contribution in [-0.4, -0.2) is 30.6 Å². The van der Waals surface area contributed by atoms with Gasteiger partial charge in [0.25, 0.3) is 0 Å². The van der Waals surface area contributed by atoms with Crippen molar-refractivity contribution < 1.29 is 9.53 Å². The Bertz CT molecular complexity index is 397. The van der Waals surface area contributed by atoms with Crippen LogP contribution < -0.4 is 0 Å². The van der Waals surface area contributed by atoms with Gasteiger partial charge in [0.2, 0.25) is 5.90 Å². The van der Waals surface area contributed by atoms with E-state index in [9.17, 15) is 4.79 Å². The number of nitrogens with zero attached hydrogens (tertiary/aromatic N) is 2. The fraction of sp³-hybridized carbons (Fsp3) is 0.333. The zero-order valence-corrected chi connectivity index (χ0v) is 8.80. The molecule has 14 heavy (non-hydrogen) atoms. The molecule has 0 N–H and O–H groups in total. The predicted octanol–water partition coefficient (Wildman–Crippen LogP) is 1.84. The topological polar surface area (TPSA) is 41.9 Å². The lowest BCUT2D eigenvalue weighted by Gasteiger charge is -2.19. The average molecular weight is 210 g/mol. The zero-order chi connectivity index (χ0) is 10.1. The van der Waals surface area contributed by atoms with E-state index in [1.807, 2.05) is 19.1 Å². The summed E-state index contributed by atoms with van der Waals surface area (Å²) in [6.45, 7) is 2.37. The summed E-state index contributed by atoms with van der Waals surface area (Å²) in [4.78, 5) is 18.9. The molecule has 1 aromatic heterocycles. The van der Waals surface area contributed by atoms with Crippen molar-refractivity contribution in [2.75, 3.05) is 13.7 Å². The van der Waals surface area contributed by atoms with Crippen LogP contribution in [0.15, 0.2) is 17.1 Å². The van der Waals surface area contributed by atoms with Gasteiger partial charge in [-0.25, -0.2) is 9.79 Å². The Kier molecular flexibility index (Phi) is 2.25. The van der Waals surface area contributed by atoms with E-state index < -0.39 is 0 Å². The molecule has 74 valence electrons. The smallest absolute Gasteiger partial charge is 0.390 e. The molecule has 0 radical (unpaired) electrons. The number of carbonyl (C=O) groups excluding carboxylic acids is 1. The first kappa shape index (κ1) is 9.21. The maximum absolute atomic E-state index is 11.2. The molecule has 1 aromatic rings. The molecule has 0 aliphatic carbocycles. The highest BCUT2D eigenvalue weighted by molar-refractivity contribution is 7.14. The van der Waals surface area contributed by atoms with Crippen LogP contribution in [0.5, 0.6) is 0 Å². The minimum absolute atomic E-state index is 0.346. The fourth-order valence-electron chi connectivity index (χ4n) is 1.10. The second-order valence-corrected chi connectivity index (χ2v) is 4.37. The van der Waals surface area contributed by atoms with Gasteiger partial charge in [-0.2, -0.15) is 0 Å². The molecule has 5 heteroatoms. The number of aryl methyl sites for hydroxylation is 1. The molecule has 2 heterocycles. The Morgan fingerprint density at radius 3 is 2.93 bits per heavy atom. The summed E-state index contributed by atoms with van der Waals surface area (Å²) in [6, 6.07) is 3.89. The van der Waals surface area contributed by atoms with Gasteiger partial charge < -0.3 is 4.74 Å². The van der Waals surface area contributed by atoms with E-state index in [4.69, 9.17) is 4.74 Å². The first-order valence-electron chi connectivity index (χ1n) is 4.21. The molecule has 1 aliphatic rings. The number of cyclic esters (lactones) is 1. The average Bonchev–Trinajstić information content (AvgIpc) is 2.57. The maximum atomic E-state index is 11.2. The second-order valence-electron chi connectivity index (χ2n) is 3.08. The molecule has 0 saturated carbocycles. The summed E-state index contributed by atoms with van der Waals surface area (Å²) in [7, 11) is 1.66. The first-order chi connectivity index (χ1) is 6.66. The summed E-state index contributed by atoms with van der Waals surface area (Å²) >= 11 is 1.57. The minimum Gasteiger partial charge on any atom is -0.390 e. The molecule has 2 rings (SSSR count). The van der Waals surface area contributed by atoms with Crippen LogP contribution in [0.4, 0.5) is 4.79 Å². The number of thiophene rings is 1. The molecule has 0 saturated heterocycles. The molecule has 0 spiro atoms. The summed E-state index contributed by atoms with van der Waals surface area (Å²) in [6.07, 6.45) is -0.346. The largest absolute Gasteiger partial charge is 0.417 e. The minimum atomic E-state index is -0.346. The van der Waals surface area contributed by atoms with Gasteiger partial charge in [0.05, 0.1) is 4.88 Å². The Balaban J connectivity index is 2.24. The Morgan fingerprint density at radius 1 is 1.57 bits per heavy atom. The lowest BCUT2D eigenvalue weighted by molar-refractivity contribution is 0.153. The van der Waals surface area contributed by atoms with E-state index in [1.54, 1.807) is 18.4 Å². The highest BCUT2D eigenvalue weighted by atomic mass is 32.1. The zero-order valence-electron chi connectivity index (χ0n) is 7.98. The van der Waals surface area contributed by atoms with Gasteiger partial charge in [-0.3, -0.25) is 4.90 Å². The van der Waals surface area contributed by atoms with Crippen molar-refractivity contribution in [2.45, 2.75) is 6.92 Å². The highest BCUT2D eigenvalue weighted by Crippen LogP contribution is 2.18. The molecular weight excluding hydrogens is 200 g/mol. The monoisotopic (exact) mass is 210 g/mol. The van der Waals surface area contributed by atoms with Gasteiger partial charge in [-0.1, -0.05) is 0 Å². The number of carbonyl (C=O) groups is 1. The molecule has 1 amide bonds. The summed E-state index contributed by atoms with van der Waals surface area (Å²) in [5, 5.41) is 0. The Morgan fingerprint density at radius 2 is 2.36 bits per heavy atom. The van der Waals surface area contributed by atoms with Crippen molar-refractivity contribution in [3.63, 3.8) is 0 Å². The van der Waals surface area contributed by atoms with E-state index in [0.29, 0.717) is 12.6 Å². The number of rotatable bonds is 1.